The molecule has 2 atom stereocenters. The van der Waals surface area contributed by atoms with Gasteiger partial charge in [0, 0.05) is 40.9 Å². The summed E-state index contributed by atoms with van der Waals surface area (Å²) in [5, 5.41) is 1.18. The number of hydrogen-bond acceptors (Lipinski definition) is 3. The van der Waals surface area contributed by atoms with Gasteiger partial charge in [-0.3, -0.25) is 0 Å². The Morgan fingerprint density at radius 3 is 2.16 bits per heavy atom. The third-order valence-corrected chi connectivity index (χ3v) is 7.37. The summed E-state index contributed by atoms with van der Waals surface area (Å²) in [4.78, 5) is 2.58. The number of halogens is 2. The average molecular weight is 397 g/mol. The lowest BCUT2D eigenvalue weighted by molar-refractivity contribution is 0.368. The largest absolute Gasteiger partial charge is 0.365 e. The van der Waals surface area contributed by atoms with Crippen molar-refractivity contribution in [3.05, 3.63) is 58.1 Å². The van der Waals surface area contributed by atoms with Crippen LogP contribution in [0.4, 0.5) is 5.69 Å². The molecule has 2 saturated heterocycles. The van der Waals surface area contributed by atoms with Crippen molar-refractivity contribution in [2.75, 3.05) is 18.0 Å². The molecule has 2 heterocycles. The third kappa shape index (κ3) is 3.04. The summed E-state index contributed by atoms with van der Waals surface area (Å²) in [6.45, 7) is 3.10. The minimum absolute atomic E-state index is 0.0194. The summed E-state index contributed by atoms with van der Waals surface area (Å²) >= 11 is 12.2. The van der Waals surface area contributed by atoms with Crippen molar-refractivity contribution in [3.63, 3.8) is 0 Å². The van der Waals surface area contributed by atoms with Crippen LogP contribution in [-0.4, -0.2) is 37.9 Å². The highest BCUT2D eigenvalue weighted by Gasteiger charge is 2.48. The van der Waals surface area contributed by atoms with Gasteiger partial charge in [0.2, 0.25) is 10.0 Å². The Morgan fingerprint density at radius 1 is 0.960 bits per heavy atom. The monoisotopic (exact) mass is 396 g/mol. The Bertz CT molecular complexity index is 895. The quantitative estimate of drug-likeness (QED) is 0.788. The lowest BCUT2D eigenvalue weighted by atomic mass is 10.2. The normalized spacial score (nSPS) is 23.4. The van der Waals surface area contributed by atoms with Crippen LogP contribution in [0.5, 0.6) is 0 Å². The van der Waals surface area contributed by atoms with Gasteiger partial charge in [0.25, 0.3) is 0 Å². The molecule has 0 N–H and O–H groups in total. The van der Waals surface area contributed by atoms with Gasteiger partial charge in [-0.05, 0) is 43.7 Å². The van der Waals surface area contributed by atoms with E-state index in [9.17, 15) is 8.42 Å². The highest BCUT2D eigenvalue weighted by molar-refractivity contribution is 7.89. The van der Waals surface area contributed by atoms with Gasteiger partial charge in [-0.2, -0.15) is 4.31 Å². The minimum atomic E-state index is -3.45. The zero-order valence-corrected chi connectivity index (χ0v) is 16.0. The molecule has 0 radical (unpaired) electrons. The molecular weight excluding hydrogens is 379 g/mol. The van der Waals surface area contributed by atoms with E-state index in [-0.39, 0.29) is 12.1 Å². The second kappa shape index (κ2) is 6.16. The maximum absolute atomic E-state index is 13.0. The van der Waals surface area contributed by atoms with Crippen LogP contribution in [0.1, 0.15) is 12.0 Å². The fourth-order valence-corrected chi connectivity index (χ4v) is 5.97. The van der Waals surface area contributed by atoms with Crippen LogP contribution in [0.3, 0.4) is 0 Å². The summed E-state index contributed by atoms with van der Waals surface area (Å²) in [6.07, 6.45) is 0.829. The molecule has 2 aromatic rings. The van der Waals surface area contributed by atoms with Crippen LogP contribution < -0.4 is 4.90 Å². The first-order valence-corrected chi connectivity index (χ1v) is 10.4. The number of sulfonamides is 1. The SMILES string of the molecule is Cc1ccc(S(=O)(=O)N2CC3CC2CN3c2cc(Cl)cc(Cl)c2)cc1. The molecule has 0 spiro atoms. The Labute approximate surface area is 158 Å². The third-order valence-electron chi connectivity index (χ3n) is 5.00. The molecule has 2 bridgehead atoms. The molecule has 2 aliphatic heterocycles. The Morgan fingerprint density at radius 2 is 1.60 bits per heavy atom. The zero-order chi connectivity index (χ0) is 17.8. The number of rotatable bonds is 3. The van der Waals surface area contributed by atoms with Gasteiger partial charge in [-0.1, -0.05) is 40.9 Å². The van der Waals surface area contributed by atoms with E-state index in [0.717, 1.165) is 17.7 Å². The number of fused-ring (bicyclic) bond motifs is 2. The van der Waals surface area contributed by atoms with Crippen molar-refractivity contribution in [1.29, 1.82) is 0 Å². The standard InChI is InChI=1S/C18H18Cl2N2O2S/c1-12-2-4-18(5-3-12)25(23,24)22-11-16-9-17(22)10-21(16)15-7-13(19)6-14(20)8-15/h2-8,16-17H,9-11H2,1H3. The fraction of sp³-hybridized carbons (Fsp3) is 0.333. The molecule has 2 aromatic carbocycles. The van der Waals surface area contributed by atoms with Crippen LogP contribution in [-0.2, 0) is 10.0 Å². The summed E-state index contributed by atoms with van der Waals surface area (Å²) in [5.41, 5.74) is 2.00. The maximum atomic E-state index is 13.0. The smallest absolute Gasteiger partial charge is 0.243 e. The topological polar surface area (TPSA) is 40.6 Å². The molecule has 4 nitrogen and oxygen atoms in total. The van der Waals surface area contributed by atoms with E-state index in [4.69, 9.17) is 23.2 Å². The number of aryl methyl sites for hydroxylation is 1. The van der Waals surface area contributed by atoms with Crippen molar-refractivity contribution < 1.29 is 8.42 Å². The first-order valence-electron chi connectivity index (χ1n) is 8.16. The summed E-state index contributed by atoms with van der Waals surface area (Å²) in [6, 6.07) is 12.6. The average Bonchev–Trinajstić information content (AvgIpc) is 3.15. The summed E-state index contributed by atoms with van der Waals surface area (Å²) in [7, 11) is -3.45. The second-order valence-electron chi connectivity index (χ2n) is 6.71. The van der Waals surface area contributed by atoms with E-state index < -0.39 is 10.0 Å². The second-order valence-corrected chi connectivity index (χ2v) is 9.47. The van der Waals surface area contributed by atoms with Gasteiger partial charge in [-0.15, -0.1) is 0 Å². The summed E-state index contributed by atoms with van der Waals surface area (Å²) < 4.78 is 27.5. The lowest BCUT2D eigenvalue weighted by Crippen LogP contribution is -2.48. The Hall–Kier alpha value is -1.27. The van der Waals surface area contributed by atoms with Crippen LogP contribution in [0.25, 0.3) is 0 Å². The number of anilines is 1. The predicted molar refractivity (Wildman–Crippen MR) is 101 cm³/mol. The van der Waals surface area contributed by atoms with Crippen molar-refractivity contribution in [2.45, 2.75) is 30.3 Å². The zero-order valence-electron chi connectivity index (χ0n) is 13.7. The van der Waals surface area contributed by atoms with E-state index in [2.05, 4.69) is 4.90 Å². The minimum Gasteiger partial charge on any atom is -0.365 e. The molecular formula is C18H18Cl2N2O2S. The van der Waals surface area contributed by atoms with Crippen molar-refractivity contribution in [2.24, 2.45) is 0 Å². The molecule has 2 aliphatic rings. The summed E-state index contributed by atoms with van der Waals surface area (Å²) in [5.74, 6) is 0. The maximum Gasteiger partial charge on any atom is 0.243 e. The molecule has 0 aliphatic carbocycles. The molecule has 25 heavy (non-hydrogen) atoms. The Kier molecular flexibility index (Phi) is 4.23. The van der Waals surface area contributed by atoms with Gasteiger partial charge in [0.1, 0.15) is 0 Å². The predicted octanol–water partition coefficient (Wildman–Crippen LogP) is 3.95. The molecule has 2 unspecified atom stereocenters. The van der Waals surface area contributed by atoms with E-state index in [0.29, 0.717) is 28.0 Å². The van der Waals surface area contributed by atoms with Gasteiger partial charge < -0.3 is 4.90 Å². The van der Waals surface area contributed by atoms with Gasteiger partial charge in [0.05, 0.1) is 4.90 Å². The van der Waals surface area contributed by atoms with Gasteiger partial charge in [0.15, 0.2) is 0 Å². The number of benzene rings is 2. The van der Waals surface area contributed by atoms with Crippen LogP contribution >= 0.6 is 23.2 Å². The molecule has 0 aromatic heterocycles. The molecule has 2 fully saturated rings. The first kappa shape index (κ1) is 17.2. The molecule has 132 valence electrons. The van der Waals surface area contributed by atoms with Crippen molar-refractivity contribution in [3.8, 4) is 0 Å². The van der Waals surface area contributed by atoms with E-state index in [1.807, 2.05) is 31.2 Å². The van der Waals surface area contributed by atoms with E-state index >= 15 is 0 Å². The number of hydrogen-bond donors (Lipinski definition) is 0. The molecule has 0 saturated carbocycles. The number of piperazine rings is 1. The Balaban J connectivity index is 1.57. The van der Waals surface area contributed by atoms with Gasteiger partial charge >= 0.3 is 0 Å². The van der Waals surface area contributed by atoms with Crippen molar-refractivity contribution in [1.82, 2.24) is 4.31 Å². The van der Waals surface area contributed by atoms with E-state index in [1.165, 1.54) is 0 Å². The highest BCUT2D eigenvalue weighted by atomic mass is 35.5. The lowest BCUT2D eigenvalue weighted by Gasteiger charge is -2.35. The fourth-order valence-electron chi connectivity index (χ4n) is 3.79. The van der Waals surface area contributed by atoms with Gasteiger partial charge in [-0.25, -0.2) is 8.42 Å². The molecule has 0 amide bonds. The van der Waals surface area contributed by atoms with Crippen LogP contribution in [0.2, 0.25) is 10.0 Å². The number of nitrogens with zero attached hydrogens (tertiary/aromatic N) is 2. The van der Waals surface area contributed by atoms with Crippen LogP contribution in [0, 0.1) is 6.92 Å². The van der Waals surface area contributed by atoms with Crippen molar-refractivity contribution >= 4 is 38.9 Å². The highest BCUT2D eigenvalue weighted by Crippen LogP contribution is 2.39. The van der Waals surface area contributed by atoms with E-state index in [1.54, 1.807) is 22.5 Å². The van der Waals surface area contributed by atoms with Crippen LogP contribution in [0.15, 0.2) is 47.4 Å². The first-order chi connectivity index (χ1) is 11.8. The molecule has 7 heteroatoms. The molecule has 4 rings (SSSR count).